The van der Waals surface area contributed by atoms with Crippen molar-refractivity contribution in [1.82, 2.24) is 10.3 Å². The maximum atomic E-state index is 12.3. The molecule has 1 aromatic carbocycles. The van der Waals surface area contributed by atoms with Crippen LogP contribution in [0.5, 0.6) is 5.75 Å². The summed E-state index contributed by atoms with van der Waals surface area (Å²) in [5.74, 6) is 0.767. The summed E-state index contributed by atoms with van der Waals surface area (Å²) < 4.78 is 5.63. The Bertz CT molecular complexity index is 682. The fraction of sp³-hybridized carbons (Fsp3) is 0.333. The van der Waals surface area contributed by atoms with E-state index in [4.69, 9.17) is 4.74 Å². The molecular formula is C15H17N3O2S. The van der Waals surface area contributed by atoms with Gasteiger partial charge in [0.2, 0.25) is 0 Å². The number of fused-ring (bicyclic) bond motifs is 1. The molecule has 0 aliphatic carbocycles. The van der Waals surface area contributed by atoms with Gasteiger partial charge in [0.25, 0.3) is 5.91 Å². The first-order valence-electron chi connectivity index (χ1n) is 6.85. The van der Waals surface area contributed by atoms with Crippen LogP contribution in [0.15, 0.2) is 18.2 Å². The van der Waals surface area contributed by atoms with Gasteiger partial charge in [-0.05, 0) is 32.0 Å². The van der Waals surface area contributed by atoms with E-state index in [0.717, 1.165) is 40.8 Å². The average molecular weight is 303 g/mol. The van der Waals surface area contributed by atoms with Gasteiger partial charge in [-0.1, -0.05) is 0 Å². The highest BCUT2D eigenvalue weighted by molar-refractivity contribution is 7.13. The van der Waals surface area contributed by atoms with E-state index in [-0.39, 0.29) is 5.91 Å². The number of carbonyl (C=O) groups excluding carboxylic acids is 1. The second-order valence-electron chi connectivity index (χ2n) is 4.95. The molecule has 0 radical (unpaired) electrons. The molecule has 21 heavy (non-hydrogen) atoms. The van der Waals surface area contributed by atoms with Gasteiger partial charge in [0.1, 0.15) is 17.2 Å². The lowest BCUT2D eigenvalue weighted by atomic mass is 10.1. The van der Waals surface area contributed by atoms with Crippen LogP contribution in [0.4, 0.5) is 5.69 Å². The first kappa shape index (κ1) is 14.0. The third kappa shape index (κ3) is 3.06. The SMILES string of the molecule is Cc1nc(C)c(C(=O)Nc2ccc3c(c2)CNCCO3)s1. The lowest BCUT2D eigenvalue weighted by molar-refractivity contribution is 0.103. The van der Waals surface area contributed by atoms with Crippen LogP contribution in [0.3, 0.4) is 0 Å². The van der Waals surface area contributed by atoms with Crippen LogP contribution in [0.25, 0.3) is 0 Å². The quantitative estimate of drug-likeness (QED) is 0.895. The smallest absolute Gasteiger partial charge is 0.267 e. The molecule has 1 aliphatic heterocycles. The highest BCUT2D eigenvalue weighted by atomic mass is 32.1. The first-order chi connectivity index (χ1) is 10.1. The van der Waals surface area contributed by atoms with E-state index in [9.17, 15) is 4.79 Å². The minimum absolute atomic E-state index is 0.111. The molecule has 6 heteroatoms. The highest BCUT2D eigenvalue weighted by Gasteiger charge is 2.15. The summed E-state index contributed by atoms with van der Waals surface area (Å²) in [6.45, 7) is 6.00. The zero-order valence-corrected chi connectivity index (χ0v) is 12.8. The number of benzene rings is 1. The van der Waals surface area contributed by atoms with Crippen LogP contribution < -0.4 is 15.4 Å². The largest absolute Gasteiger partial charge is 0.492 e. The summed E-state index contributed by atoms with van der Waals surface area (Å²) in [6, 6.07) is 5.72. The van der Waals surface area contributed by atoms with E-state index in [1.807, 2.05) is 32.0 Å². The Balaban J connectivity index is 1.80. The normalized spacial score (nSPS) is 14.0. The van der Waals surface area contributed by atoms with E-state index >= 15 is 0 Å². The molecular weight excluding hydrogens is 286 g/mol. The van der Waals surface area contributed by atoms with E-state index in [1.54, 1.807) is 0 Å². The van der Waals surface area contributed by atoms with Crippen LogP contribution in [-0.2, 0) is 6.54 Å². The third-order valence-corrected chi connectivity index (χ3v) is 4.35. The number of hydrogen-bond donors (Lipinski definition) is 2. The second-order valence-corrected chi connectivity index (χ2v) is 6.15. The van der Waals surface area contributed by atoms with Gasteiger partial charge in [-0.15, -0.1) is 11.3 Å². The summed E-state index contributed by atoms with van der Waals surface area (Å²) in [7, 11) is 0. The molecule has 1 aliphatic rings. The van der Waals surface area contributed by atoms with Crippen LogP contribution in [0, 0.1) is 13.8 Å². The van der Waals surface area contributed by atoms with Gasteiger partial charge in [0, 0.05) is 24.3 Å². The number of anilines is 1. The summed E-state index contributed by atoms with van der Waals surface area (Å²) in [5, 5.41) is 7.11. The molecule has 110 valence electrons. The van der Waals surface area contributed by atoms with Gasteiger partial charge in [-0.25, -0.2) is 4.98 Å². The van der Waals surface area contributed by atoms with Gasteiger partial charge in [-0.2, -0.15) is 0 Å². The molecule has 2 N–H and O–H groups in total. The fourth-order valence-corrected chi connectivity index (χ4v) is 3.14. The number of rotatable bonds is 2. The molecule has 0 saturated carbocycles. The Labute approximate surface area is 127 Å². The topological polar surface area (TPSA) is 63.2 Å². The van der Waals surface area contributed by atoms with Crippen molar-refractivity contribution in [2.75, 3.05) is 18.5 Å². The molecule has 1 amide bonds. The maximum absolute atomic E-state index is 12.3. The van der Waals surface area contributed by atoms with Gasteiger partial charge < -0.3 is 15.4 Å². The molecule has 5 nitrogen and oxygen atoms in total. The minimum atomic E-state index is -0.111. The van der Waals surface area contributed by atoms with Crippen LogP contribution in [0.2, 0.25) is 0 Å². The summed E-state index contributed by atoms with van der Waals surface area (Å²) >= 11 is 1.41. The van der Waals surface area contributed by atoms with Gasteiger partial charge in [0.15, 0.2) is 0 Å². The molecule has 3 rings (SSSR count). The molecule has 0 bridgehead atoms. The minimum Gasteiger partial charge on any atom is -0.492 e. The number of aryl methyl sites for hydroxylation is 2. The van der Waals surface area contributed by atoms with E-state index in [1.165, 1.54) is 11.3 Å². The summed E-state index contributed by atoms with van der Waals surface area (Å²) in [6.07, 6.45) is 0. The van der Waals surface area contributed by atoms with Gasteiger partial charge in [0.05, 0.1) is 10.7 Å². The zero-order chi connectivity index (χ0) is 14.8. The van der Waals surface area contributed by atoms with Crippen LogP contribution in [-0.4, -0.2) is 24.0 Å². The van der Waals surface area contributed by atoms with Crippen molar-refractivity contribution in [3.8, 4) is 5.75 Å². The van der Waals surface area contributed by atoms with Crippen molar-refractivity contribution in [2.24, 2.45) is 0 Å². The number of carbonyl (C=O) groups is 1. The lowest BCUT2D eigenvalue weighted by Crippen LogP contribution is -2.16. The van der Waals surface area contributed by atoms with Gasteiger partial charge >= 0.3 is 0 Å². The molecule has 1 aromatic heterocycles. The zero-order valence-electron chi connectivity index (χ0n) is 12.0. The molecule has 0 saturated heterocycles. The third-order valence-electron chi connectivity index (χ3n) is 3.28. The molecule has 0 fully saturated rings. The van der Waals surface area contributed by atoms with Crippen molar-refractivity contribution in [3.63, 3.8) is 0 Å². The van der Waals surface area contributed by atoms with E-state index in [2.05, 4.69) is 15.6 Å². The van der Waals surface area contributed by atoms with E-state index in [0.29, 0.717) is 11.5 Å². The Morgan fingerprint density at radius 1 is 1.43 bits per heavy atom. The lowest BCUT2D eigenvalue weighted by Gasteiger charge is -2.10. The molecule has 2 heterocycles. The van der Waals surface area contributed by atoms with E-state index < -0.39 is 0 Å². The van der Waals surface area contributed by atoms with Crippen molar-refractivity contribution < 1.29 is 9.53 Å². The van der Waals surface area contributed by atoms with Crippen LogP contribution >= 0.6 is 11.3 Å². The number of ether oxygens (including phenoxy) is 1. The van der Waals surface area contributed by atoms with Crippen molar-refractivity contribution in [2.45, 2.75) is 20.4 Å². The number of nitrogens with one attached hydrogen (secondary N) is 2. The Morgan fingerprint density at radius 2 is 2.29 bits per heavy atom. The number of thiazole rings is 1. The second kappa shape index (κ2) is 5.83. The Kier molecular flexibility index (Phi) is 3.90. The number of nitrogens with zero attached hydrogens (tertiary/aromatic N) is 1. The molecule has 0 atom stereocenters. The number of amides is 1. The van der Waals surface area contributed by atoms with Gasteiger partial charge in [-0.3, -0.25) is 4.79 Å². The predicted molar refractivity (Wildman–Crippen MR) is 83.2 cm³/mol. The molecule has 2 aromatic rings. The van der Waals surface area contributed by atoms with Crippen LogP contribution in [0.1, 0.15) is 25.9 Å². The summed E-state index contributed by atoms with van der Waals surface area (Å²) in [5.41, 5.74) is 2.61. The molecule has 0 unspecified atom stereocenters. The highest BCUT2D eigenvalue weighted by Crippen LogP contribution is 2.25. The standard InChI is InChI=1S/C15H17N3O2S/c1-9-14(21-10(2)17-9)15(19)18-12-3-4-13-11(7-12)8-16-5-6-20-13/h3-4,7,16H,5-6,8H2,1-2H3,(H,18,19). The monoisotopic (exact) mass is 303 g/mol. The summed E-state index contributed by atoms with van der Waals surface area (Å²) in [4.78, 5) is 17.2. The van der Waals surface area contributed by atoms with Crippen molar-refractivity contribution >= 4 is 22.9 Å². The Morgan fingerprint density at radius 3 is 3.05 bits per heavy atom. The number of aromatic nitrogens is 1. The average Bonchev–Trinajstić information content (AvgIpc) is 2.66. The Hall–Kier alpha value is -1.92. The molecule has 0 spiro atoms. The maximum Gasteiger partial charge on any atom is 0.267 e. The van der Waals surface area contributed by atoms with Crippen molar-refractivity contribution in [1.29, 1.82) is 0 Å². The fourth-order valence-electron chi connectivity index (χ4n) is 2.32. The number of hydrogen-bond acceptors (Lipinski definition) is 5. The van der Waals surface area contributed by atoms with Crippen molar-refractivity contribution in [3.05, 3.63) is 39.3 Å². The predicted octanol–water partition coefficient (Wildman–Crippen LogP) is 2.49. The first-order valence-corrected chi connectivity index (χ1v) is 7.67.